The van der Waals surface area contributed by atoms with Crippen molar-refractivity contribution in [1.29, 1.82) is 0 Å². The zero-order valence-electron chi connectivity index (χ0n) is 18.6. The van der Waals surface area contributed by atoms with Gasteiger partial charge in [0.25, 0.3) is 0 Å². The van der Waals surface area contributed by atoms with Gasteiger partial charge in [0, 0.05) is 37.5 Å². The largest absolute Gasteiger partial charge is 0.465 e. The molecule has 9 heteroatoms. The number of rotatable bonds is 10. The maximum atomic E-state index is 12.5. The number of thiophene rings is 1. The predicted molar refractivity (Wildman–Crippen MR) is 136 cm³/mol. The van der Waals surface area contributed by atoms with Crippen LogP contribution in [0.2, 0.25) is 0 Å². The average molecular weight is 479 g/mol. The Balaban J connectivity index is 1.60. The maximum Gasteiger partial charge on any atom is 0.409 e. The van der Waals surface area contributed by atoms with E-state index in [4.69, 9.17) is 5.11 Å². The highest BCUT2D eigenvalue weighted by Crippen LogP contribution is 2.31. The number of amides is 3. The van der Waals surface area contributed by atoms with Crippen LogP contribution in [-0.4, -0.2) is 36.1 Å². The van der Waals surface area contributed by atoms with Crippen LogP contribution in [0.15, 0.2) is 66.1 Å². The molecule has 0 unspecified atom stereocenters. The molecule has 0 atom stereocenters. The molecule has 3 aromatic rings. The molecule has 0 saturated heterocycles. The van der Waals surface area contributed by atoms with Crippen molar-refractivity contribution < 1.29 is 19.5 Å². The van der Waals surface area contributed by atoms with Crippen LogP contribution in [0.3, 0.4) is 0 Å². The normalized spacial score (nSPS) is 10.7. The second-order valence-electron chi connectivity index (χ2n) is 7.39. The Hall–Kier alpha value is -3.95. The Kier molecular flexibility index (Phi) is 8.96. The lowest BCUT2D eigenvalue weighted by molar-refractivity contribution is -0.119. The van der Waals surface area contributed by atoms with Crippen molar-refractivity contribution in [2.75, 3.05) is 23.7 Å². The van der Waals surface area contributed by atoms with Crippen LogP contribution in [0.25, 0.3) is 16.5 Å². The first-order valence-corrected chi connectivity index (χ1v) is 11.5. The van der Waals surface area contributed by atoms with Gasteiger partial charge in [0.15, 0.2) is 0 Å². The van der Waals surface area contributed by atoms with Crippen LogP contribution in [0, 0.1) is 0 Å². The molecular formula is C25H26N4O4S. The first-order valence-electron chi connectivity index (χ1n) is 10.6. The van der Waals surface area contributed by atoms with E-state index < -0.39 is 6.09 Å². The molecule has 0 fully saturated rings. The lowest BCUT2D eigenvalue weighted by Gasteiger charge is -2.11. The number of hydrogen-bond acceptors (Lipinski definition) is 5. The molecule has 3 amide bonds. The van der Waals surface area contributed by atoms with Crippen molar-refractivity contribution in [3.05, 3.63) is 77.2 Å². The first-order chi connectivity index (χ1) is 16.4. The van der Waals surface area contributed by atoms with Gasteiger partial charge >= 0.3 is 6.09 Å². The van der Waals surface area contributed by atoms with E-state index in [1.165, 1.54) is 13.0 Å². The molecule has 0 aliphatic heterocycles. The van der Waals surface area contributed by atoms with Crippen LogP contribution >= 0.6 is 11.3 Å². The van der Waals surface area contributed by atoms with Gasteiger partial charge in [-0.05, 0) is 46.3 Å². The van der Waals surface area contributed by atoms with E-state index in [-0.39, 0.29) is 11.8 Å². The minimum atomic E-state index is -1.21. The van der Waals surface area contributed by atoms with Crippen LogP contribution in [-0.2, 0) is 16.1 Å². The second kappa shape index (κ2) is 12.3. The SMILES string of the molecule is CC(=O)NCCNCc1ccc(C=CC(=O)Nc2cc(-c3cccs3)ccc2NC(=O)O)cc1. The van der Waals surface area contributed by atoms with Gasteiger partial charge in [-0.25, -0.2) is 4.79 Å². The molecule has 1 aromatic heterocycles. The Labute approximate surface area is 201 Å². The van der Waals surface area contributed by atoms with Crippen LogP contribution in [0.4, 0.5) is 16.2 Å². The summed E-state index contributed by atoms with van der Waals surface area (Å²) in [6, 6.07) is 16.8. The Morgan fingerprint density at radius 2 is 1.76 bits per heavy atom. The summed E-state index contributed by atoms with van der Waals surface area (Å²) in [5.41, 5.74) is 3.49. The minimum Gasteiger partial charge on any atom is -0.465 e. The topological polar surface area (TPSA) is 120 Å². The molecule has 34 heavy (non-hydrogen) atoms. The van der Waals surface area contributed by atoms with E-state index in [9.17, 15) is 14.4 Å². The lowest BCUT2D eigenvalue weighted by atomic mass is 10.1. The lowest BCUT2D eigenvalue weighted by Crippen LogP contribution is -2.29. The average Bonchev–Trinajstić information content (AvgIpc) is 3.34. The molecule has 2 aromatic carbocycles. The van der Waals surface area contributed by atoms with Gasteiger partial charge in [0.2, 0.25) is 11.8 Å². The summed E-state index contributed by atoms with van der Waals surface area (Å²) >= 11 is 1.56. The smallest absolute Gasteiger partial charge is 0.409 e. The molecule has 0 bridgehead atoms. The highest BCUT2D eigenvalue weighted by molar-refractivity contribution is 7.13. The zero-order valence-corrected chi connectivity index (χ0v) is 19.4. The number of benzene rings is 2. The second-order valence-corrected chi connectivity index (χ2v) is 8.34. The molecule has 0 aliphatic carbocycles. The standard InChI is InChI=1S/C25H26N4O4S/c1-17(30)27-13-12-26-16-19-6-4-18(5-7-19)8-11-24(31)28-22-15-20(23-3-2-14-34-23)9-10-21(22)29-25(32)33/h2-11,14-15,26,29H,12-13,16H2,1H3,(H,27,30)(H,28,31)(H,32,33). The van der Waals surface area contributed by atoms with Crippen molar-refractivity contribution in [2.45, 2.75) is 13.5 Å². The quantitative estimate of drug-likeness (QED) is 0.219. The van der Waals surface area contributed by atoms with Gasteiger partial charge < -0.3 is 21.1 Å². The number of carbonyl (C=O) groups is 3. The van der Waals surface area contributed by atoms with Crippen molar-refractivity contribution in [3.8, 4) is 10.4 Å². The summed E-state index contributed by atoms with van der Waals surface area (Å²) in [6.07, 6.45) is 1.89. The van der Waals surface area contributed by atoms with E-state index >= 15 is 0 Å². The minimum absolute atomic E-state index is 0.0495. The fourth-order valence-corrected chi connectivity index (χ4v) is 3.84. The number of anilines is 2. The number of nitrogens with one attached hydrogen (secondary N) is 4. The van der Waals surface area contributed by atoms with Gasteiger partial charge in [-0.2, -0.15) is 0 Å². The van der Waals surface area contributed by atoms with Crippen LogP contribution in [0.1, 0.15) is 18.1 Å². The molecular weight excluding hydrogens is 452 g/mol. The summed E-state index contributed by atoms with van der Waals surface area (Å²) in [5, 5.41) is 22.1. The molecule has 0 aliphatic rings. The molecule has 0 saturated carbocycles. The summed E-state index contributed by atoms with van der Waals surface area (Å²) in [7, 11) is 0. The third-order valence-corrected chi connectivity index (χ3v) is 5.66. The highest BCUT2D eigenvalue weighted by Gasteiger charge is 2.10. The van der Waals surface area contributed by atoms with Gasteiger partial charge in [-0.3, -0.25) is 14.9 Å². The van der Waals surface area contributed by atoms with Crippen molar-refractivity contribution >= 4 is 46.7 Å². The van der Waals surface area contributed by atoms with Crippen molar-refractivity contribution in [2.24, 2.45) is 0 Å². The molecule has 5 N–H and O–H groups in total. The monoisotopic (exact) mass is 478 g/mol. The van der Waals surface area contributed by atoms with E-state index in [2.05, 4.69) is 21.3 Å². The van der Waals surface area contributed by atoms with Crippen LogP contribution in [0.5, 0.6) is 0 Å². The Morgan fingerprint density at radius 1 is 0.971 bits per heavy atom. The van der Waals surface area contributed by atoms with Gasteiger partial charge in [0.05, 0.1) is 11.4 Å². The third-order valence-electron chi connectivity index (χ3n) is 4.74. The van der Waals surface area contributed by atoms with E-state index in [0.717, 1.165) is 21.6 Å². The van der Waals surface area contributed by atoms with Gasteiger partial charge in [-0.1, -0.05) is 36.4 Å². The first kappa shape index (κ1) is 24.7. The molecule has 0 spiro atoms. The van der Waals surface area contributed by atoms with Crippen LogP contribution < -0.4 is 21.3 Å². The Bertz CT molecular complexity index is 1160. The van der Waals surface area contributed by atoms with E-state index in [1.807, 2.05) is 41.8 Å². The van der Waals surface area contributed by atoms with Gasteiger partial charge in [0.1, 0.15) is 0 Å². The van der Waals surface area contributed by atoms with Crippen molar-refractivity contribution in [1.82, 2.24) is 10.6 Å². The summed E-state index contributed by atoms with van der Waals surface area (Å²) in [4.78, 5) is 35.5. The third kappa shape index (κ3) is 7.88. The fraction of sp³-hybridized carbons (Fsp3) is 0.160. The molecule has 1 heterocycles. The molecule has 0 radical (unpaired) electrons. The fourth-order valence-electron chi connectivity index (χ4n) is 3.12. The number of hydrogen-bond donors (Lipinski definition) is 5. The van der Waals surface area contributed by atoms with E-state index in [0.29, 0.717) is 31.0 Å². The highest BCUT2D eigenvalue weighted by atomic mass is 32.1. The maximum absolute atomic E-state index is 12.5. The Morgan fingerprint density at radius 3 is 2.44 bits per heavy atom. The number of carbonyl (C=O) groups excluding carboxylic acids is 2. The molecule has 3 rings (SSSR count). The predicted octanol–water partition coefficient (Wildman–Crippen LogP) is 4.38. The summed E-state index contributed by atoms with van der Waals surface area (Å²) < 4.78 is 0. The van der Waals surface area contributed by atoms with Gasteiger partial charge in [-0.15, -0.1) is 11.3 Å². The number of carboxylic acid groups (broad SMARTS) is 1. The summed E-state index contributed by atoms with van der Waals surface area (Å²) in [6.45, 7) is 3.41. The zero-order chi connectivity index (χ0) is 24.3. The molecule has 8 nitrogen and oxygen atoms in total. The molecule has 176 valence electrons. The summed E-state index contributed by atoms with van der Waals surface area (Å²) in [5.74, 6) is -0.424. The van der Waals surface area contributed by atoms with Crippen molar-refractivity contribution in [3.63, 3.8) is 0 Å². The van der Waals surface area contributed by atoms with E-state index in [1.54, 1.807) is 35.6 Å².